The van der Waals surface area contributed by atoms with Crippen LogP contribution in [0.15, 0.2) is 78.0 Å². The highest BCUT2D eigenvalue weighted by Crippen LogP contribution is 2.25. The molecule has 0 saturated heterocycles. The lowest BCUT2D eigenvalue weighted by atomic mass is 10.2. The van der Waals surface area contributed by atoms with E-state index >= 15 is 0 Å². The Hall–Kier alpha value is -2.29. The lowest BCUT2D eigenvalue weighted by Crippen LogP contribution is -2.17. The SMILES string of the molecule is Cl.Clc1ccc(OCc2ccccc2Cl)c(CNCCSc2nnnn2-c2ccccc2)c1. The predicted octanol–water partition coefficient (Wildman–Crippen LogP) is 5.85. The molecule has 0 aliphatic carbocycles. The van der Waals surface area contributed by atoms with Crippen molar-refractivity contribution in [3.05, 3.63) is 94.0 Å². The molecule has 0 amide bonds. The monoisotopic (exact) mass is 521 g/mol. The van der Waals surface area contributed by atoms with E-state index < -0.39 is 0 Å². The van der Waals surface area contributed by atoms with Crippen molar-refractivity contribution in [2.45, 2.75) is 18.3 Å². The summed E-state index contributed by atoms with van der Waals surface area (Å²) >= 11 is 14.0. The minimum absolute atomic E-state index is 0. The fourth-order valence-corrected chi connectivity index (χ4v) is 4.21. The quantitative estimate of drug-likeness (QED) is 0.208. The Bertz CT molecular complexity index is 1160. The molecular weight excluding hydrogens is 501 g/mol. The van der Waals surface area contributed by atoms with E-state index in [-0.39, 0.29) is 12.4 Å². The summed E-state index contributed by atoms with van der Waals surface area (Å²) in [5, 5.41) is 17.6. The normalized spacial score (nSPS) is 10.6. The van der Waals surface area contributed by atoms with Crippen molar-refractivity contribution in [2.24, 2.45) is 0 Å². The van der Waals surface area contributed by atoms with Gasteiger partial charge in [-0.15, -0.1) is 17.5 Å². The number of para-hydroxylation sites is 1. The first-order valence-electron chi connectivity index (χ1n) is 10.0. The van der Waals surface area contributed by atoms with Gasteiger partial charge in [-0.3, -0.25) is 0 Å². The standard InChI is InChI=1S/C23H21Cl2N5OS.ClH/c24-19-10-11-22(31-16-17-6-4-5-9-21(17)25)18(14-19)15-26-12-13-32-23-27-28-29-30(23)20-7-2-1-3-8-20;/h1-11,14,26H,12-13,15-16H2;1H. The van der Waals surface area contributed by atoms with Crippen LogP contribution < -0.4 is 10.1 Å². The van der Waals surface area contributed by atoms with Gasteiger partial charge in [-0.1, -0.05) is 71.4 Å². The van der Waals surface area contributed by atoms with E-state index in [1.807, 2.05) is 72.8 Å². The Morgan fingerprint density at radius 2 is 1.73 bits per heavy atom. The topological polar surface area (TPSA) is 64.9 Å². The zero-order chi connectivity index (χ0) is 22.2. The van der Waals surface area contributed by atoms with Crippen LogP contribution in [0, 0.1) is 0 Å². The van der Waals surface area contributed by atoms with Gasteiger partial charge >= 0.3 is 0 Å². The third-order valence-electron chi connectivity index (χ3n) is 4.63. The first-order valence-corrected chi connectivity index (χ1v) is 11.8. The van der Waals surface area contributed by atoms with Crippen LogP contribution in [0.1, 0.15) is 11.1 Å². The highest BCUT2D eigenvalue weighted by Gasteiger charge is 2.09. The number of hydrogen-bond acceptors (Lipinski definition) is 6. The first kappa shape index (κ1) is 25.3. The number of hydrogen-bond donors (Lipinski definition) is 1. The van der Waals surface area contributed by atoms with E-state index in [1.165, 1.54) is 0 Å². The maximum absolute atomic E-state index is 6.23. The fourth-order valence-electron chi connectivity index (χ4n) is 3.04. The van der Waals surface area contributed by atoms with Crippen LogP contribution in [-0.2, 0) is 13.2 Å². The van der Waals surface area contributed by atoms with Crippen LogP contribution in [0.2, 0.25) is 10.0 Å². The van der Waals surface area contributed by atoms with Crippen LogP contribution in [-0.4, -0.2) is 32.5 Å². The molecule has 0 bridgehead atoms. The molecule has 3 aromatic carbocycles. The number of benzene rings is 3. The molecule has 172 valence electrons. The molecule has 1 aromatic heterocycles. The molecule has 0 unspecified atom stereocenters. The first-order chi connectivity index (χ1) is 15.7. The van der Waals surface area contributed by atoms with E-state index in [4.69, 9.17) is 27.9 Å². The molecule has 0 radical (unpaired) electrons. The van der Waals surface area contributed by atoms with Crippen LogP contribution in [0.25, 0.3) is 5.69 Å². The van der Waals surface area contributed by atoms with E-state index in [0.29, 0.717) is 23.2 Å². The molecule has 0 saturated carbocycles. The Labute approximate surface area is 213 Å². The van der Waals surface area contributed by atoms with Crippen molar-refractivity contribution < 1.29 is 4.74 Å². The summed E-state index contributed by atoms with van der Waals surface area (Å²) < 4.78 is 7.76. The van der Waals surface area contributed by atoms with Crippen molar-refractivity contribution >= 4 is 47.4 Å². The Morgan fingerprint density at radius 3 is 2.55 bits per heavy atom. The van der Waals surface area contributed by atoms with Crippen molar-refractivity contribution in [1.82, 2.24) is 25.5 Å². The van der Waals surface area contributed by atoms with E-state index in [2.05, 4.69) is 20.8 Å². The number of thioether (sulfide) groups is 1. The molecule has 4 aromatic rings. The summed E-state index contributed by atoms with van der Waals surface area (Å²) in [6.45, 7) is 1.79. The molecule has 0 fully saturated rings. The van der Waals surface area contributed by atoms with Gasteiger partial charge in [0.1, 0.15) is 12.4 Å². The van der Waals surface area contributed by atoms with Crippen molar-refractivity contribution in [3.63, 3.8) is 0 Å². The smallest absolute Gasteiger partial charge is 0.214 e. The Balaban J connectivity index is 0.00000306. The van der Waals surface area contributed by atoms with Gasteiger partial charge < -0.3 is 10.1 Å². The largest absolute Gasteiger partial charge is 0.489 e. The molecule has 0 atom stereocenters. The van der Waals surface area contributed by atoms with E-state index in [1.54, 1.807) is 16.4 Å². The van der Waals surface area contributed by atoms with Gasteiger partial charge in [0.2, 0.25) is 5.16 Å². The molecule has 10 heteroatoms. The summed E-state index contributed by atoms with van der Waals surface area (Å²) in [5.74, 6) is 1.59. The van der Waals surface area contributed by atoms with Crippen LogP contribution in [0.5, 0.6) is 5.75 Å². The van der Waals surface area contributed by atoms with Crippen LogP contribution in [0.4, 0.5) is 0 Å². The van der Waals surface area contributed by atoms with Crippen LogP contribution >= 0.6 is 47.4 Å². The van der Waals surface area contributed by atoms with Gasteiger partial charge in [-0.05, 0) is 46.8 Å². The summed E-state index contributed by atoms with van der Waals surface area (Å²) in [4.78, 5) is 0. The van der Waals surface area contributed by atoms with Gasteiger partial charge in [-0.2, -0.15) is 4.68 Å². The van der Waals surface area contributed by atoms with Crippen molar-refractivity contribution in [1.29, 1.82) is 0 Å². The second-order valence-corrected chi connectivity index (χ2v) is 8.77. The summed E-state index contributed by atoms with van der Waals surface area (Å²) in [7, 11) is 0. The van der Waals surface area contributed by atoms with Gasteiger partial charge in [0.15, 0.2) is 0 Å². The minimum atomic E-state index is 0. The Morgan fingerprint density at radius 1 is 0.939 bits per heavy atom. The fraction of sp³-hybridized carbons (Fsp3) is 0.174. The number of aromatic nitrogens is 4. The van der Waals surface area contributed by atoms with Gasteiger partial charge in [-0.25, -0.2) is 0 Å². The molecule has 6 nitrogen and oxygen atoms in total. The van der Waals surface area contributed by atoms with E-state index in [0.717, 1.165) is 40.0 Å². The van der Waals surface area contributed by atoms with Gasteiger partial charge in [0.25, 0.3) is 0 Å². The molecule has 33 heavy (non-hydrogen) atoms. The highest BCUT2D eigenvalue weighted by molar-refractivity contribution is 7.99. The van der Waals surface area contributed by atoms with Crippen molar-refractivity contribution in [3.8, 4) is 11.4 Å². The summed E-state index contributed by atoms with van der Waals surface area (Å²) in [5.41, 5.74) is 2.87. The maximum atomic E-state index is 6.23. The zero-order valence-corrected chi connectivity index (χ0v) is 20.7. The number of nitrogens with zero attached hydrogens (tertiary/aromatic N) is 4. The lowest BCUT2D eigenvalue weighted by molar-refractivity contribution is 0.302. The number of halogens is 3. The number of ether oxygens (including phenoxy) is 1. The number of nitrogens with one attached hydrogen (secondary N) is 1. The molecular formula is C23H22Cl3N5OS. The zero-order valence-electron chi connectivity index (χ0n) is 17.5. The number of tetrazole rings is 1. The van der Waals surface area contributed by atoms with Crippen molar-refractivity contribution in [2.75, 3.05) is 12.3 Å². The maximum Gasteiger partial charge on any atom is 0.214 e. The van der Waals surface area contributed by atoms with Crippen LogP contribution in [0.3, 0.4) is 0 Å². The average Bonchev–Trinajstić information content (AvgIpc) is 3.28. The highest BCUT2D eigenvalue weighted by atomic mass is 35.5. The third-order valence-corrected chi connectivity index (χ3v) is 6.16. The van der Waals surface area contributed by atoms with Gasteiger partial charge in [0.05, 0.1) is 5.69 Å². The molecule has 0 aliphatic rings. The summed E-state index contributed by atoms with van der Waals surface area (Å²) in [6, 6.07) is 23.1. The molecule has 1 heterocycles. The molecule has 0 aliphatic heterocycles. The molecule has 4 rings (SSSR count). The van der Waals surface area contributed by atoms with Gasteiger partial charge in [0, 0.05) is 40.0 Å². The summed E-state index contributed by atoms with van der Waals surface area (Å²) in [6.07, 6.45) is 0. The average molecular weight is 523 g/mol. The lowest BCUT2D eigenvalue weighted by Gasteiger charge is -2.13. The second-order valence-electron chi connectivity index (χ2n) is 6.87. The predicted molar refractivity (Wildman–Crippen MR) is 136 cm³/mol. The molecule has 0 spiro atoms. The second kappa shape index (κ2) is 12.8. The number of rotatable bonds is 10. The Kier molecular flexibility index (Phi) is 9.84. The third kappa shape index (κ3) is 7.09. The minimum Gasteiger partial charge on any atom is -0.489 e. The van der Waals surface area contributed by atoms with E-state index in [9.17, 15) is 0 Å². The molecule has 1 N–H and O–H groups in total.